The summed E-state index contributed by atoms with van der Waals surface area (Å²) in [6, 6.07) is 2.56. The Labute approximate surface area is 132 Å². The molecule has 3 rings (SSSR count). The largest absolute Gasteiger partial charge is 0.392 e. The summed E-state index contributed by atoms with van der Waals surface area (Å²) in [5.41, 5.74) is 0.996. The minimum atomic E-state index is -0.134. The maximum atomic E-state index is 9.85. The van der Waals surface area contributed by atoms with Crippen molar-refractivity contribution in [3.8, 4) is 0 Å². The molecule has 1 aromatic rings. The Kier molecular flexibility index (Phi) is 4.78. The van der Waals surface area contributed by atoms with Gasteiger partial charge in [-0.2, -0.15) is 4.98 Å². The van der Waals surface area contributed by atoms with Crippen LogP contribution in [-0.2, 0) is 0 Å². The number of aryl methyl sites for hydroxylation is 1. The van der Waals surface area contributed by atoms with Gasteiger partial charge in [0.25, 0.3) is 0 Å². The SMILES string of the molecule is CNc1cc(C)nc(N2CCC(N3CCC[C@@H](O)C3)CC2)n1. The first-order valence-electron chi connectivity index (χ1n) is 8.36. The van der Waals surface area contributed by atoms with Gasteiger partial charge in [0.2, 0.25) is 5.95 Å². The number of hydrogen-bond acceptors (Lipinski definition) is 6. The van der Waals surface area contributed by atoms with Crippen LogP contribution in [0.25, 0.3) is 0 Å². The highest BCUT2D eigenvalue weighted by molar-refractivity contribution is 5.43. The third kappa shape index (κ3) is 3.50. The van der Waals surface area contributed by atoms with Gasteiger partial charge in [0.15, 0.2) is 0 Å². The average molecular weight is 305 g/mol. The monoisotopic (exact) mass is 305 g/mol. The lowest BCUT2D eigenvalue weighted by Gasteiger charge is -2.41. The van der Waals surface area contributed by atoms with E-state index >= 15 is 0 Å². The van der Waals surface area contributed by atoms with Gasteiger partial charge in [0.05, 0.1) is 6.10 Å². The van der Waals surface area contributed by atoms with Crippen molar-refractivity contribution >= 4 is 11.8 Å². The third-order valence-corrected chi connectivity index (χ3v) is 4.79. The standard InChI is InChI=1S/C16H27N5O/c1-12-10-15(17-2)19-16(18-12)20-8-5-13(6-9-20)21-7-3-4-14(22)11-21/h10,13-14,22H,3-9,11H2,1-2H3,(H,17,18,19)/t14-/m1/s1. The number of β-amino-alcohol motifs (C(OH)–C–C–N with tert-alkyl or cyclic N) is 1. The molecule has 6 heteroatoms. The molecule has 0 radical (unpaired) electrons. The number of nitrogens with zero attached hydrogens (tertiary/aromatic N) is 4. The lowest BCUT2D eigenvalue weighted by molar-refractivity contribution is 0.0397. The molecular weight excluding hydrogens is 278 g/mol. The zero-order valence-corrected chi connectivity index (χ0v) is 13.6. The van der Waals surface area contributed by atoms with Crippen molar-refractivity contribution in [2.45, 2.75) is 44.8 Å². The minimum Gasteiger partial charge on any atom is -0.392 e. The Morgan fingerprint density at radius 3 is 2.64 bits per heavy atom. The van der Waals surface area contributed by atoms with Crippen molar-refractivity contribution < 1.29 is 5.11 Å². The van der Waals surface area contributed by atoms with Gasteiger partial charge >= 0.3 is 0 Å². The van der Waals surface area contributed by atoms with Crippen LogP contribution < -0.4 is 10.2 Å². The molecule has 1 aromatic heterocycles. The molecule has 0 bridgehead atoms. The molecule has 3 heterocycles. The molecule has 2 N–H and O–H groups in total. The summed E-state index contributed by atoms with van der Waals surface area (Å²) in [7, 11) is 1.89. The molecule has 2 aliphatic rings. The van der Waals surface area contributed by atoms with Crippen LogP contribution in [0.3, 0.4) is 0 Å². The molecule has 0 aliphatic carbocycles. The van der Waals surface area contributed by atoms with Crippen LogP contribution in [0, 0.1) is 6.92 Å². The van der Waals surface area contributed by atoms with Crippen molar-refractivity contribution in [2.75, 3.05) is 43.4 Å². The Hall–Kier alpha value is -1.40. The van der Waals surface area contributed by atoms with Crippen LogP contribution in [0.2, 0.25) is 0 Å². The summed E-state index contributed by atoms with van der Waals surface area (Å²) in [5, 5.41) is 12.9. The second kappa shape index (κ2) is 6.79. The molecular formula is C16H27N5O. The quantitative estimate of drug-likeness (QED) is 0.876. The summed E-state index contributed by atoms with van der Waals surface area (Å²) in [6.07, 6.45) is 4.19. The third-order valence-electron chi connectivity index (χ3n) is 4.79. The summed E-state index contributed by atoms with van der Waals surface area (Å²) in [6.45, 7) is 5.96. The summed E-state index contributed by atoms with van der Waals surface area (Å²) in [5.74, 6) is 1.71. The molecule has 122 valence electrons. The molecule has 2 aliphatic heterocycles. The number of aliphatic hydroxyl groups excluding tert-OH is 1. The zero-order valence-electron chi connectivity index (χ0n) is 13.6. The van der Waals surface area contributed by atoms with E-state index in [4.69, 9.17) is 0 Å². The lowest BCUT2D eigenvalue weighted by atomic mass is 9.99. The lowest BCUT2D eigenvalue weighted by Crippen LogP contribution is -2.50. The number of nitrogens with one attached hydrogen (secondary N) is 1. The highest BCUT2D eigenvalue weighted by atomic mass is 16.3. The highest BCUT2D eigenvalue weighted by Gasteiger charge is 2.28. The first-order valence-corrected chi connectivity index (χ1v) is 8.36. The van der Waals surface area contributed by atoms with Gasteiger partial charge in [-0.15, -0.1) is 0 Å². The van der Waals surface area contributed by atoms with Crippen LogP contribution in [0.15, 0.2) is 6.07 Å². The fourth-order valence-corrected chi connectivity index (χ4v) is 3.57. The number of aromatic nitrogens is 2. The predicted molar refractivity (Wildman–Crippen MR) is 88.4 cm³/mol. The van der Waals surface area contributed by atoms with Crippen LogP contribution in [0.5, 0.6) is 0 Å². The van der Waals surface area contributed by atoms with Gasteiger partial charge in [-0.3, -0.25) is 4.90 Å². The van der Waals surface area contributed by atoms with Gasteiger partial charge in [-0.25, -0.2) is 4.98 Å². The van der Waals surface area contributed by atoms with Crippen molar-refractivity contribution in [1.82, 2.24) is 14.9 Å². The van der Waals surface area contributed by atoms with Gasteiger partial charge in [-0.1, -0.05) is 0 Å². The molecule has 2 saturated heterocycles. The Morgan fingerprint density at radius 1 is 1.18 bits per heavy atom. The maximum Gasteiger partial charge on any atom is 0.227 e. The van der Waals surface area contributed by atoms with E-state index in [0.717, 1.165) is 69.3 Å². The van der Waals surface area contributed by atoms with Gasteiger partial charge in [0.1, 0.15) is 5.82 Å². The molecule has 0 unspecified atom stereocenters. The maximum absolute atomic E-state index is 9.85. The first kappa shape index (κ1) is 15.5. The Bertz CT molecular complexity index is 501. The smallest absolute Gasteiger partial charge is 0.227 e. The minimum absolute atomic E-state index is 0.134. The molecule has 6 nitrogen and oxygen atoms in total. The van der Waals surface area contributed by atoms with Crippen molar-refractivity contribution in [1.29, 1.82) is 0 Å². The van der Waals surface area contributed by atoms with Crippen LogP contribution in [0.4, 0.5) is 11.8 Å². The first-order chi connectivity index (χ1) is 10.7. The van der Waals surface area contributed by atoms with E-state index in [9.17, 15) is 5.11 Å². The zero-order chi connectivity index (χ0) is 15.5. The molecule has 0 spiro atoms. The van der Waals surface area contributed by atoms with Crippen molar-refractivity contribution in [3.63, 3.8) is 0 Å². The van der Waals surface area contributed by atoms with Crippen LogP contribution in [0.1, 0.15) is 31.4 Å². The number of piperidine rings is 2. The average Bonchev–Trinajstić information content (AvgIpc) is 2.54. The number of hydrogen-bond donors (Lipinski definition) is 2. The van der Waals surface area contributed by atoms with E-state index in [2.05, 4.69) is 25.1 Å². The second-order valence-electron chi connectivity index (χ2n) is 6.45. The normalized spacial score (nSPS) is 24.5. The summed E-state index contributed by atoms with van der Waals surface area (Å²) < 4.78 is 0. The number of aliphatic hydroxyl groups is 1. The summed E-state index contributed by atoms with van der Waals surface area (Å²) in [4.78, 5) is 13.9. The second-order valence-corrected chi connectivity index (χ2v) is 6.45. The molecule has 0 saturated carbocycles. The van der Waals surface area contributed by atoms with Gasteiger partial charge in [-0.05, 0) is 39.2 Å². The molecule has 2 fully saturated rings. The van der Waals surface area contributed by atoms with Crippen molar-refractivity contribution in [3.05, 3.63) is 11.8 Å². The fourth-order valence-electron chi connectivity index (χ4n) is 3.57. The molecule has 1 atom stereocenters. The Balaban J connectivity index is 1.60. The Morgan fingerprint density at radius 2 is 1.95 bits per heavy atom. The fraction of sp³-hybridized carbons (Fsp3) is 0.750. The summed E-state index contributed by atoms with van der Waals surface area (Å²) >= 11 is 0. The topological polar surface area (TPSA) is 64.5 Å². The molecule has 0 amide bonds. The number of anilines is 2. The molecule has 22 heavy (non-hydrogen) atoms. The van der Waals surface area contributed by atoms with Crippen molar-refractivity contribution in [2.24, 2.45) is 0 Å². The van der Waals surface area contributed by atoms with E-state index < -0.39 is 0 Å². The van der Waals surface area contributed by atoms with E-state index in [-0.39, 0.29) is 6.10 Å². The highest BCUT2D eigenvalue weighted by Crippen LogP contribution is 2.24. The number of likely N-dealkylation sites (tertiary alicyclic amines) is 1. The van der Waals surface area contributed by atoms with Gasteiger partial charge in [0, 0.05) is 44.5 Å². The van der Waals surface area contributed by atoms with E-state index in [1.165, 1.54) is 0 Å². The molecule has 0 aromatic carbocycles. The van der Waals surface area contributed by atoms with Crippen LogP contribution >= 0.6 is 0 Å². The van der Waals surface area contributed by atoms with Gasteiger partial charge < -0.3 is 15.3 Å². The van der Waals surface area contributed by atoms with E-state index in [1.807, 2.05) is 20.0 Å². The van der Waals surface area contributed by atoms with Crippen LogP contribution in [-0.4, -0.2) is 65.3 Å². The van der Waals surface area contributed by atoms with E-state index in [1.54, 1.807) is 0 Å². The predicted octanol–water partition coefficient (Wildman–Crippen LogP) is 1.25. The van der Waals surface area contributed by atoms with E-state index in [0.29, 0.717) is 6.04 Å². The number of rotatable bonds is 3.